The van der Waals surface area contributed by atoms with Gasteiger partial charge in [-0.1, -0.05) is 42.8 Å². The standard InChI is InChI=1S/C29H27ClN2O5/c1-4-18-6-8-19(9-7-18)26-25(27(34)20-10-15-23(30)24(16-20)37-5-2)28(35)29(36)32(26)22-13-11-21(12-14-22)31-17(3)33/h6-16,26,34H,4-5H2,1-3H3,(H,31,33)/b27-25-. The zero-order valence-electron chi connectivity index (χ0n) is 20.7. The van der Waals surface area contributed by atoms with Crippen molar-refractivity contribution in [2.45, 2.75) is 33.2 Å². The molecule has 3 aromatic carbocycles. The fraction of sp³-hybridized carbons (Fsp3) is 0.207. The molecule has 2 amide bonds. The van der Waals surface area contributed by atoms with Crippen LogP contribution in [0.4, 0.5) is 11.4 Å². The number of aliphatic hydroxyl groups excluding tert-OH is 1. The van der Waals surface area contributed by atoms with Crippen LogP contribution >= 0.6 is 11.6 Å². The molecule has 0 bridgehead atoms. The third-order valence-electron chi connectivity index (χ3n) is 6.12. The Hall–Kier alpha value is -4.10. The van der Waals surface area contributed by atoms with E-state index in [9.17, 15) is 19.5 Å². The third kappa shape index (κ3) is 5.22. The van der Waals surface area contributed by atoms with Crippen molar-refractivity contribution in [2.75, 3.05) is 16.8 Å². The molecule has 8 heteroatoms. The number of benzene rings is 3. The monoisotopic (exact) mass is 518 g/mol. The van der Waals surface area contributed by atoms with Crippen LogP contribution in [0.1, 0.15) is 43.5 Å². The molecule has 0 aromatic heterocycles. The van der Waals surface area contributed by atoms with E-state index in [1.807, 2.05) is 38.1 Å². The van der Waals surface area contributed by atoms with Crippen LogP contribution in [-0.2, 0) is 20.8 Å². The second kappa shape index (κ2) is 10.9. The lowest BCUT2D eigenvalue weighted by atomic mass is 9.94. The highest BCUT2D eigenvalue weighted by Gasteiger charge is 2.47. The number of halogens is 1. The molecule has 0 radical (unpaired) electrons. The Morgan fingerprint density at radius 3 is 2.30 bits per heavy atom. The minimum atomic E-state index is -0.872. The Labute approximate surface area is 220 Å². The van der Waals surface area contributed by atoms with Gasteiger partial charge in [-0.2, -0.15) is 0 Å². The van der Waals surface area contributed by atoms with E-state index >= 15 is 0 Å². The summed E-state index contributed by atoms with van der Waals surface area (Å²) in [5.41, 5.74) is 3.04. The molecule has 37 heavy (non-hydrogen) atoms. The molecule has 0 spiro atoms. The third-order valence-corrected chi connectivity index (χ3v) is 6.43. The van der Waals surface area contributed by atoms with E-state index in [1.54, 1.807) is 42.5 Å². The summed E-state index contributed by atoms with van der Waals surface area (Å²) in [5, 5.41) is 14.4. The number of rotatable bonds is 7. The van der Waals surface area contributed by atoms with Crippen molar-refractivity contribution >= 4 is 46.3 Å². The highest BCUT2D eigenvalue weighted by atomic mass is 35.5. The first-order chi connectivity index (χ1) is 17.7. The Morgan fingerprint density at radius 2 is 1.70 bits per heavy atom. The zero-order valence-corrected chi connectivity index (χ0v) is 21.5. The zero-order chi connectivity index (χ0) is 26.7. The number of ether oxygens (including phenoxy) is 1. The summed E-state index contributed by atoms with van der Waals surface area (Å²) in [6.07, 6.45) is 0.829. The molecule has 1 atom stereocenters. The van der Waals surface area contributed by atoms with Crippen LogP contribution in [0.2, 0.25) is 5.02 Å². The molecular weight excluding hydrogens is 492 g/mol. The van der Waals surface area contributed by atoms with Crippen molar-refractivity contribution in [3.63, 3.8) is 0 Å². The number of aliphatic hydroxyl groups is 1. The molecule has 4 rings (SSSR count). The maximum Gasteiger partial charge on any atom is 0.300 e. The number of hydrogen-bond donors (Lipinski definition) is 2. The van der Waals surface area contributed by atoms with Gasteiger partial charge in [-0.25, -0.2) is 0 Å². The smallest absolute Gasteiger partial charge is 0.300 e. The molecule has 7 nitrogen and oxygen atoms in total. The van der Waals surface area contributed by atoms with Gasteiger partial charge in [-0.05, 0) is 66.9 Å². The Balaban J connectivity index is 1.87. The molecule has 1 unspecified atom stereocenters. The molecule has 3 aromatic rings. The number of nitrogens with one attached hydrogen (secondary N) is 1. The summed E-state index contributed by atoms with van der Waals surface area (Å²) >= 11 is 6.21. The predicted octanol–water partition coefficient (Wildman–Crippen LogP) is 5.89. The highest BCUT2D eigenvalue weighted by molar-refractivity contribution is 6.51. The topological polar surface area (TPSA) is 95.9 Å². The van der Waals surface area contributed by atoms with E-state index in [-0.39, 0.29) is 17.2 Å². The molecule has 1 aliphatic rings. The molecule has 0 aliphatic carbocycles. The number of anilines is 2. The summed E-state index contributed by atoms with van der Waals surface area (Å²) in [6, 6.07) is 18.0. The minimum absolute atomic E-state index is 0.0371. The normalized spacial score (nSPS) is 16.6. The van der Waals surface area contributed by atoms with Crippen LogP contribution in [0.5, 0.6) is 5.75 Å². The lowest BCUT2D eigenvalue weighted by Crippen LogP contribution is -2.29. The molecule has 190 valence electrons. The average molecular weight is 519 g/mol. The van der Waals surface area contributed by atoms with Crippen molar-refractivity contribution in [3.8, 4) is 5.75 Å². The number of carbonyl (C=O) groups is 3. The van der Waals surface area contributed by atoms with Crippen LogP contribution in [0, 0.1) is 0 Å². The Bertz CT molecular complexity index is 1380. The van der Waals surface area contributed by atoms with Crippen LogP contribution < -0.4 is 15.0 Å². The van der Waals surface area contributed by atoms with E-state index in [0.717, 1.165) is 12.0 Å². The Morgan fingerprint density at radius 1 is 1.03 bits per heavy atom. The number of nitrogens with zero attached hydrogens (tertiary/aromatic N) is 1. The van der Waals surface area contributed by atoms with Crippen LogP contribution in [-0.4, -0.2) is 29.3 Å². The summed E-state index contributed by atoms with van der Waals surface area (Å²) in [7, 11) is 0. The number of hydrogen-bond acceptors (Lipinski definition) is 5. The average Bonchev–Trinajstić information content (AvgIpc) is 3.15. The number of aryl methyl sites for hydroxylation is 1. The second-order valence-corrected chi connectivity index (χ2v) is 8.98. The van der Waals surface area contributed by atoms with Crippen molar-refractivity contribution in [1.82, 2.24) is 0 Å². The number of ketones is 1. The lowest BCUT2D eigenvalue weighted by Gasteiger charge is -2.26. The van der Waals surface area contributed by atoms with Gasteiger partial charge in [-0.3, -0.25) is 19.3 Å². The van der Waals surface area contributed by atoms with E-state index in [1.165, 1.54) is 11.8 Å². The van der Waals surface area contributed by atoms with Gasteiger partial charge in [0.15, 0.2) is 0 Å². The van der Waals surface area contributed by atoms with E-state index < -0.39 is 17.7 Å². The number of Topliss-reactive ketones (excluding diaryl/α,β-unsaturated/α-hetero) is 1. The first-order valence-corrected chi connectivity index (χ1v) is 12.3. The fourth-order valence-corrected chi connectivity index (χ4v) is 4.50. The molecule has 2 N–H and O–H groups in total. The molecule has 1 heterocycles. The molecule has 1 aliphatic heterocycles. The van der Waals surface area contributed by atoms with Crippen molar-refractivity contribution in [2.24, 2.45) is 0 Å². The fourth-order valence-electron chi connectivity index (χ4n) is 4.33. The van der Waals surface area contributed by atoms with Gasteiger partial charge in [0, 0.05) is 23.9 Å². The summed E-state index contributed by atoms with van der Waals surface area (Å²) in [5.74, 6) is -1.75. The predicted molar refractivity (Wildman–Crippen MR) is 144 cm³/mol. The van der Waals surface area contributed by atoms with E-state index in [4.69, 9.17) is 16.3 Å². The van der Waals surface area contributed by atoms with Crippen molar-refractivity contribution < 1.29 is 24.2 Å². The Kier molecular flexibility index (Phi) is 7.64. The first kappa shape index (κ1) is 26.0. The van der Waals surface area contributed by atoms with Crippen LogP contribution in [0.3, 0.4) is 0 Å². The van der Waals surface area contributed by atoms with Gasteiger partial charge in [-0.15, -0.1) is 0 Å². The first-order valence-electron chi connectivity index (χ1n) is 11.9. The highest BCUT2D eigenvalue weighted by Crippen LogP contribution is 2.43. The quantitative estimate of drug-likeness (QED) is 0.231. The summed E-state index contributed by atoms with van der Waals surface area (Å²) in [4.78, 5) is 39.5. The van der Waals surface area contributed by atoms with Crippen molar-refractivity contribution in [1.29, 1.82) is 0 Å². The van der Waals surface area contributed by atoms with Gasteiger partial charge >= 0.3 is 0 Å². The van der Waals surface area contributed by atoms with Crippen LogP contribution in [0.15, 0.2) is 72.3 Å². The van der Waals surface area contributed by atoms with Gasteiger partial charge in [0.25, 0.3) is 11.7 Å². The van der Waals surface area contributed by atoms with Crippen molar-refractivity contribution in [3.05, 3.63) is 94.0 Å². The summed E-state index contributed by atoms with van der Waals surface area (Å²) in [6.45, 7) is 5.62. The minimum Gasteiger partial charge on any atom is -0.507 e. The largest absolute Gasteiger partial charge is 0.507 e. The van der Waals surface area contributed by atoms with Gasteiger partial charge in [0.05, 0.1) is 23.2 Å². The molecule has 0 saturated carbocycles. The lowest BCUT2D eigenvalue weighted by molar-refractivity contribution is -0.132. The molecular formula is C29H27ClN2O5. The van der Waals surface area contributed by atoms with Gasteiger partial charge in [0.1, 0.15) is 11.5 Å². The summed E-state index contributed by atoms with van der Waals surface area (Å²) < 4.78 is 5.55. The number of carbonyl (C=O) groups excluding carboxylic acids is 3. The van der Waals surface area contributed by atoms with E-state index in [0.29, 0.717) is 39.9 Å². The molecule has 1 saturated heterocycles. The van der Waals surface area contributed by atoms with Crippen LogP contribution in [0.25, 0.3) is 5.76 Å². The molecule has 1 fully saturated rings. The van der Waals surface area contributed by atoms with Gasteiger partial charge < -0.3 is 15.2 Å². The SMILES string of the molecule is CCOc1cc(/C(O)=C2/C(=O)C(=O)N(c3ccc(NC(C)=O)cc3)C2c2ccc(CC)cc2)ccc1Cl. The maximum atomic E-state index is 13.4. The number of amides is 2. The van der Waals surface area contributed by atoms with E-state index in [2.05, 4.69) is 5.32 Å². The van der Waals surface area contributed by atoms with Gasteiger partial charge in [0.2, 0.25) is 5.91 Å². The maximum absolute atomic E-state index is 13.4. The second-order valence-electron chi connectivity index (χ2n) is 8.57.